The highest BCUT2D eigenvalue weighted by Crippen LogP contribution is 2.53. The van der Waals surface area contributed by atoms with Crippen LogP contribution in [0.5, 0.6) is 0 Å². The van der Waals surface area contributed by atoms with Crippen molar-refractivity contribution in [2.75, 3.05) is 11.5 Å². The van der Waals surface area contributed by atoms with Crippen LogP contribution < -0.4 is 0 Å². The summed E-state index contributed by atoms with van der Waals surface area (Å²) in [7, 11) is 0. The predicted molar refractivity (Wildman–Crippen MR) is 70.8 cm³/mol. The molecule has 2 nitrogen and oxygen atoms in total. The number of thioether (sulfide) groups is 2. The maximum absolute atomic E-state index is 11.5. The Morgan fingerprint density at radius 3 is 2.31 bits per heavy atom. The van der Waals surface area contributed by atoms with Crippen molar-refractivity contribution in [1.29, 1.82) is 0 Å². The van der Waals surface area contributed by atoms with Crippen molar-refractivity contribution in [3.63, 3.8) is 0 Å². The molecule has 0 atom stereocenters. The highest BCUT2D eigenvalue weighted by atomic mass is 32.2. The Bertz CT molecular complexity index is 250. The topological polar surface area (TPSA) is 26.3 Å². The summed E-state index contributed by atoms with van der Waals surface area (Å²) in [4.78, 5) is 11.5. The molecule has 0 bridgehead atoms. The number of carbonyl (C=O) groups is 1. The van der Waals surface area contributed by atoms with Crippen LogP contribution in [0.2, 0.25) is 0 Å². The minimum Gasteiger partial charge on any atom is -0.462 e. The van der Waals surface area contributed by atoms with E-state index in [1.165, 1.54) is 24.3 Å². The first-order chi connectivity index (χ1) is 7.61. The molecule has 0 radical (unpaired) electrons. The van der Waals surface area contributed by atoms with Gasteiger partial charge in [-0.05, 0) is 25.7 Å². The molecule has 1 aliphatic carbocycles. The molecule has 2 aliphatic rings. The third-order valence-electron chi connectivity index (χ3n) is 3.26. The molecule has 0 aromatic rings. The average Bonchev–Trinajstić information content (AvgIpc) is 2.70. The summed E-state index contributed by atoms with van der Waals surface area (Å²) in [6, 6.07) is 0. The Hall–Kier alpha value is 0.170. The molecular formula is C12H20O2S2. The predicted octanol–water partition coefficient (Wildman–Crippen LogP) is 3.30. The number of esters is 1. The monoisotopic (exact) mass is 260 g/mol. The van der Waals surface area contributed by atoms with Crippen LogP contribution in [0.4, 0.5) is 0 Å². The molecule has 1 aliphatic heterocycles. The Morgan fingerprint density at radius 2 is 1.81 bits per heavy atom. The molecule has 2 rings (SSSR count). The van der Waals surface area contributed by atoms with E-state index in [-0.39, 0.29) is 18.0 Å². The normalized spacial score (nSPS) is 25.2. The summed E-state index contributed by atoms with van der Waals surface area (Å²) in [5.41, 5.74) is 0. The van der Waals surface area contributed by atoms with Crippen molar-refractivity contribution in [1.82, 2.24) is 0 Å². The van der Waals surface area contributed by atoms with Gasteiger partial charge in [-0.3, -0.25) is 4.79 Å². The first-order valence-electron chi connectivity index (χ1n) is 6.10. The van der Waals surface area contributed by atoms with Crippen molar-refractivity contribution in [3.05, 3.63) is 0 Å². The molecule has 92 valence electrons. The van der Waals surface area contributed by atoms with Crippen LogP contribution in [0, 0.1) is 5.92 Å². The van der Waals surface area contributed by atoms with Crippen LogP contribution in [-0.4, -0.2) is 27.7 Å². The zero-order valence-electron chi connectivity index (χ0n) is 10.0. The summed E-state index contributed by atoms with van der Waals surface area (Å²) in [6.07, 6.45) is 4.70. The van der Waals surface area contributed by atoms with E-state index >= 15 is 0 Å². The van der Waals surface area contributed by atoms with E-state index in [0.29, 0.717) is 4.08 Å². The summed E-state index contributed by atoms with van der Waals surface area (Å²) in [6.45, 7) is 3.80. The van der Waals surface area contributed by atoms with E-state index in [9.17, 15) is 4.79 Å². The molecule has 0 amide bonds. The first-order valence-corrected chi connectivity index (χ1v) is 8.07. The lowest BCUT2D eigenvalue weighted by atomic mass is 9.96. The highest BCUT2D eigenvalue weighted by molar-refractivity contribution is 8.21. The fourth-order valence-electron chi connectivity index (χ4n) is 2.24. The molecule has 1 saturated heterocycles. The second-order valence-corrected chi connectivity index (χ2v) is 8.11. The summed E-state index contributed by atoms with van der Waals surface area (Å²) in [5, 5.41) is 0. The van der Waals surface area contributed by atoms with Gasteiger partial charge >= 0.3 is 5.97 Å². The van der Waals surface area contributed by atoms with Gasteiger partial charge in [0, 0.05) is 11.5 Å². The summed E-state index contributed by atoms with van der Waals surface area (Å²) in [5.74, 6) is 2.56. The second-order valence-electron chi connectivity index (χ2n) is 4.90. The maximum Gasteiger partial charge on any atom is 0.308 e. The number of carbonyl (C=O) groups excluding carboxylic acids is 1. The highest BCUT2D eigenvalue weighted by Gasteiger charge is 2.40. The fraction of sp³-hybridized carbons (Fsp3) is 0.917. The maximum atomic E-state index is 11.5. The van der Waals surface area contributed by atoms with Gasteiger partial charge in [0.25, 0.3) is 0 Å². The molecule has 0 aromatic carbocycles. The average molecular weight is 260 g/mol. The molecule has 2 fully saturated rings. The lowest BCUT2D eigenvalue weighted by Crippen LogP contribution is -2.32. The molecule has 0 unspecified atom stereocenters. The first kappa shape index (κ1) is 12.6. The van der Waals surface area contributed by atoms with Crippen molar-refractivity contribution >= 4 is 29.5 Å². The molecule has 1 saturated carbocycles. The Kier molecular flexibility index (Phi) is 4.11. The molecule has 1 heterocycles. The van der Waals surface area contributed by atoms with Gasteiger partial charge in [0.2, 0.25) is 0 Å². The minimum absolute atomic E-state index is 0.00566. The number of hydrogen-bond donors (Lipinski definition) is 0. The zero-order chi connectivity index (χ0) is 11.6. The third kappa shape index (κ3) is 2.89. The molecule has 0 aromatic heterocycles. The van der Waals surface area contributed by atoms with Gasteiger partial charge in [-0.2, -0.15) is 0 Å². The smallest absolute Gasteiger partial charge is 0.308 e. The van der Waals surface area contributed by atoms with E-state index in [1.54, 1.807) is 0 Å². The minimum atomic E-state index is -0.0346. The van der Waals surface area contributed by atoms with E-state index in [2.05, 4.69) is 23.5 Å². The van der Waals surface area contributed by atoms with Gasteiger partial charge < -0.3 is 4.74 Å². The van der Waals surface area contributed by atoms with E-state index in [1.807, 2.05) is 13.8 Å². The third-order valence-corrected chi connectivity index (χ3v) is 6.91. The molecule has 16 heavy (non-hydrogen) atoms. The van der Waals surface area contributed by atoms with E-state index < -0.39 is 0 Å². The van der Waals surface area contributed by atoms with Gasteiger partial charge in [-0.25, -0.2) is 0 Å². The van der Waals surface area contributed by atoms with Gasteiger partial charge in [0.1, 0.15) is 6.10 Å². The molecule has 1 spiro atoms. The van der Waals surface area contributed by atoms with E-state index in [4.69, 9.17) is 4.74 Å². The summed E-state index contributed by atoms with van der Waals surface area (Å²) < 4.78 is 5.97. The Labute approximate surface area is 106 Å². The van der Waals surface area contributed by atoms with Gasteiger partial charge in [0.15, 0.2) is 0 Å². The van der Waals surface area contributed by atoms with Crippen LogP contribution in [0.1, 0.15) is 39.5 Å². The zero-order valence-corrected chi connectivity index (χ0v) is 11.7. The van der Waals surface area contributed by atoms with Gasteiger partial charge in [-0.1, -0.05) is 13.8 Å². The standard InChI is InChI=1S/C12H20O2S2/c1-9(2)11(13)14-10-3-5-12(6-4-10)15-7-8-16-12/h9-10H,3-8H2,1-2H3. The second kappa shape index (κ2) is 5.21. The van der Waals surface area contributed by atoms with Gasteiger partial charge in [0.05, 0.1) is 10.00 Å². The van der Waals surface area contributed by atoms with Crippen molar-refractivity contribution < 1.29 is 9.53 Å². The SMILES string of the molecule is CC(C)C(=O)OC1CCC2(CC1)SCCS2. The molecular weight excluding hydrogens is 240 g/mol. The lowest BCUT2D eigenvalue weighted by Gasteiger charge is -2.35. The van der Waals surface area contributed by atoms with Crippen molar-refractivity contribution in [3.8, 4) is 0 Å². The van der Waals surface area contributed by atoms with Crippen LogP contribution in [0.15, 0.2) is 0 Å². The van der Waals surface area contributed by atoms with E-state index in [0.717, 1.165) is 12.8 Å². The van der Waals surface area contributed by atoms with Crippen LogP contribution in [0.3, 0.4) is 0 Å². The number of ether oxygens (including phenoxy) is 1. The van der Waals surface area contributed by atoms with Crippen LogP contribution >= 0.6 is 23.5 Å². The van der Waals surface area contributed by atoms with Crippen LogP contribution in [-0.2, 0) is 9.53 Å². The number of rotatable bonds is 2. The van der Waals surface area contributed by atoms with Crippen molar-refractivity contribution in [2.24, 2.45) is 5.92 Å². The Balaban J connectivity index is 1.79. The molecule has 0 N–H and O–H groups in total. The largest absolute Gasteiger partial charge is 0.462 e. The molecule has 4 heteroatoms. The van der Waals surface area contributed by atoms with Crippen LogP contribution in [0.25, 0.3) is 0 Å². The lowest BCUT2D eigenvalue weighted by molar-refractivity contribution is -0.154. The van der Waals surface area contributed by atoms with Crippen molar-refractivity contribution in [2.45, 2.75) is 49.7 Å². The van der Waals surface area contributed by atoms with Gasteiger partial charge in [-0.15, -0.1) is 23.5 Å². The quantitative estimate of drug-likeness (QED) is 0.712. The summed E-state index contributed by atoms with van der Waals surface area (Å²) >= 11 is 4.23. The number of hydrogen-bond acceptors (Lipinski definition) is 4. The Morgan fingerprint density at radius 1 is 1.25 bits per heavy atom. The fourth-order valence-corrected chi connectivity index (χ4v) is 5.53.